The Bertz CT molecular complexity index is 585. The van der Waals surface area contributed by atoms with Crippen molar-refractivity contribution in [1.82, 2.24) is 4.90 Å². The monoisotopic (exact) mass is 311 g/mol. The molecule has 1 aromatic rings. The SMILES string of the molecule is CCC(=O)C(CC(C)N(C)C)(C1=CC=CCC1)c1ccccc1. The molecule has 0 saturated heterocycles. The summed E-state index contributed by atoms with van der Waals surface area (Å²) in [6.45, 7) is 4.19. The summed E-state index contributed by atoms with van der Waals surface area (Å²) in [5.41, 5.74) is 1.92. The summed E-state index contributed by atoms with van der Waals surface area (Å²) < 4.78 is 0. The van der Waals surface area contributed by atoms with Crippen LogP contribution in [0.25, 0.3) is 0 Å². The molecule has 0 amide bonds. The number of benzene rings is 1. The second kappa shape index (κ2) is 7.74. The van der Waals surface area contributed by atoms with Crippen LogP contribution in [0.15, 0.2) is 54.1 Å². The van der Waals surface area contributed by atoms with Gasteiger partial charge in [-0.15, -0.1) is 0 Å². The second-order valence-electron chi connectivity index (χ2n) is 6.72. The van der Waals surface area contributed by atoms with E-state index in [9.17, 15) is 4.79 Å². The fraction of sp³-hybridized carbons (Fsp3) is 0.476. The van der Waals surface area contributed by atoms with Gasteiger partial charge in [0.25, 0.3) is 0 Å². The number of nitrogens with zero attached hydrogens (tertiary/aromatic N) is 1. The van der Waals surface area contributed by atoms with Crippen LogP contribution in [0.5, 0.6) is 0 Å². The zero-order valence-electron chi connectivity index (χ0n) is 14.9. The average Bonchev–Trinajstić information content (AvgIpc) is 2.60. The molecule has 2 heteroatoms. The van der Waals surface area contributed by atoms with Gasteiger partial charge in [0, 0.05) is 12.5 Å². The smallest absolute Gasteiger partial charge is 0.147 e. The summed E-state index contributed by atoms with van der Waals surface area (Å²) in [7, 11) is 4.18. The highest BCUT2D eigenvalue weighted by Gasteiger charge is 2.43. The minimum atomic E-state index is -0.496. The minimum Gasteiger partial charge on any atom is -0.307 e. The molecule has 1 aromatic carbocycles. The van der Waals surface area contributed by atoms with Gasteiger partial charge < -0.3 is 4.90 Å². The third-order valence-corrected chi connectivity index (χ3v) is 5.11. The summed E-state index contributed by atoms with van der Waals surface area (Å²) in [6.07, 6.45) is 9.86. The molecule has 2 nitrogen and oxygen atoms in total. The van der Waals surface area contributed by atoms with E-state index in [1.165, 1.54) is 5.57 Å². The minimum absolute atomic E-state index is 0.331. The Morgan fingerprint density at radius 3 is 2.48 bits per heavy atom. The van der Waals surface area contributed by atoms with Gasteiger partial charge in [-0.2, -0.15) is 0 Å². The van der Waals surface area contributed by atoms with Gasteiger partial charge >= 0.3 is 0 Å². The van der Waals surface area contributed by atoms with E-state index in [1.807, 2.05) is 25.1 Å². The van der Waals surface area contributed by atoms with E-state index in [4.69, 9.17) is 0 Å². The van der Waals surface area contributed by atoms with Crippen LogP contribution in [-0.2, 0) is 10.2 Å². The molecule has 0 heterocycles. The van der Waals surface area contributed by atoms with Gasteiger partial charge in [-0.3, -0.25) is 4.79 Å². The highest BCUT2D eigenvalue weighted by Crippen LogP contribution is 2.42. The van der Waals surface area contributed by atoms with E-state index in [-0.39, 0.29) is 0 Å². The van der Waals surface area contributed by atoms with Gasteiger partial charge in [0.2, 0.25) is 0 Å². The molecule has 0 fully saturated rings. The van der Waals surface area contributed by atoms with Crippen molar-refractivity contribution < 1.29 is 4.79 Å². The first kappa shape index (κ1) is 17.7. The number of hydrogen-bond acceptors (Lipinski definition) is 2. The van der Waals surface area contributed by atoms with Crippen molar-refractivity contribution in [1.29, 1.82) is 0 Å². The number of rotatable bonds is 7. The van der Waals surface area contributed by atoms with Gasteiger partial charge in [-0.1, -0.05) is 61.1 Å². The first-order chi connectivity index (χ1) is 11.0. The van der Waals surface area contributed by atoms with Crippen LogP contribution >= 0.6 is 0 Å². The summed E-state index contributed by atoms with van der Waals surface area (Å²) in [5, 5.41) is 0. The maximum absolute atomic E-state index is 13.2. The van der Waals surface area contributed by atoms with Gasteiger partial charge in [0.1, 0.15) is 5.78 Å². The highest BCUT2D eigenvalue weighted by molar-refractivity contribution is 5.93. The molecule has 0 aromatic heterocycles. The topological polar surface area (TPSA) is 20.3 Å². The summed E-state index contributed by atoms with van der Waals surface area (Å²) in [6, 6.07) is 10.7. The van der Waals surface area contributed by atoms with Crippen molar-refractivity contribution >= 4 is 5.78 Å². The van der Waals surface area contributed by atoms with E-state index in [1.54, 1.807) is 0 Å². The number of carbonyl (C=O) groups excluding carboxylic acids is 1. The predicted molar refractivity (Wildman–Crippen MR) is 97.6 cm³/mol. The number of hydrogen-bond donors (Lipinski definition) is 0. The molecule has 0 spiro atoms. The van der Waals surface area contributed by atoms with Crippen LogP contribution in [-0.4, -0.2) is 30.8 Å². The van der Waals surface area contributed by atoms with Gasteiger partial charge in [0.05, 0.1) is 5.41 Å². The maximum atomic E-state index is 13.2. The molecule has 2 atom stereocenters. The standard InChI is InChI=1S/C21H29NO/c1-5-20(23)21(16-17(2)22(3)4,18-12-8-6-9-13-18)19-14-10-7-11-15-19/h6-10,12-14,17H,5,11,15-16H2,1-4H3. The van der Waals surface area contributed by atoms with Crippen LogP contribution in [0.2, 0.25) is 0 Å². The van der Waals surface area contributed by atoms with Crippen molar-refractivity contribution in [2.45, 2.75) is 51.0 Å². The molecule has 124 valence electrons. The Morgan fingerprint density at radius 1 is 1.26 bits per heavy atom. The van der Waals surface area contributed by atoms with Crippen LogP contribution in [0, 0.1) is 0 Å². The van der Waals surface area contributed by atoms with Gasteiger partial charge in [-0.25, -0.2) is 0 Å². The van der Waals surface area contributed by atoms with Crippen LogP contribution < -0.4 is 0 Å². The molecule has 2 unspecified atom stereocenters. The molecule has 0 aliphatic heterocycles. The average molecular weight is 311 g/mol. The molecule has 0 radical (unpaired) electrons. The first-order valence-corrected chi connectivity index (χ1v) is 8.63. The zero-order chi connectivity index (χ0) is 16.9. The van der Waals surface area contributed by atoms with E-state index >= 15 is 0 Å². The molecule has 2 rings (SSSR count). The molecule has 1 aliphatic carbocycles. The number of Topliss-reactive ketones (excluding diaryl/α,β-unsaturated/α-hetero) is 1. The van der Waals surface area contributed by atoms with Crippen LogP contribution in [0.3, 0.4) is 0 Å². The number of allylic oxidation sites excluding steroid dienone is 4. The Balaban J connectivity index is 2.60. The van der Waals surface area contributed by atoms with Crippen LogP contribution in [0.4, 0.5) is 0 Å². The molecule has 0 N–H and O–H groups in total. The van der Waals surface area contributed by atoms with E-state index in [0.717, 1.165) is 24.8 Å². The van der Waals surface area contributed by atoms with Crippen molar-refractivity contribution in [3.05, 3.63) is 59.7 Å². The Kier molecular flexibility index (Phi) is 5.95. The lowest BCUT2D eigenvalue weighted by Gasteiger charge is -2.39. The molecule has 1 aliphatic rings. The largest absolute Gasteiger partial charge is 0.307 e. The summed E-state index contributed by atoms with van der Waals surface area (Å²) in [4.78, 5) is 15.4. The first-order valence-electron chi connectivity index (χ1n) is 8.63. The Hall–Kier alpha value is -1.67. The predicted octanol–water partition coefficient (Wildman–Crippen LogP) is 4.52. The van der Waals surface area contributed by atoms with Crippen molar-refractivity contribution in [3.63, 3.8) is 0 Å². The Labute approximate surface area is 140 Å². The molecule has 0 saturated carbocycles. The van der Waals surface area contributed by atoms with E-state index < -0.39 is 5.41 Å². The zero-order valence-corrected chi connectivity index (χ0v) is 14.9. The van der Waals surface area contributed by atoms with E-state index in [0.29, 0.717) is 18.2 Å². The fourth-order valence-electron chi connectivity index (χ4n) is 3.50. The van der Waals surface area contributed by atoms with Crippen molar-refractivity contribution in [3.8, 4) is 0 Å². The van der Waals surface area contributed by atoms with Gasteiger partial charge in [-0.05, 0) is 45.8 Å². The third-order valence-electron chi connectivity index (χ3n) is 5.11. The summed E-state index contributed by atoms with van der Waals surface area (Å²) >= 11 is 0. The fourth-order valence-corrected chi connectivity index (χ4v) is 3.50. The quantitative estimate of drug-likeness (QED) is 0.738. The van der Waals surface area contributed by atoms with Crippen molar-refractivity contribution in [2.24, 2.45) is 0 Å². The van der Waals surface area contributed by atoms with Crippen LogP contribution in [0.1, 0.15) is 45.1 Å². The lowest BCUT2D eigenvalue weighted by molar-refractivity contribution is -0.123. The second-order valence-corrected chi connectivity index (χ2v) is 6.72. The Morgan fingerprint density at radius 2 is 1.96 bits per heavy atom. The number of carbonyl (C=O) groups is 1. The van der Waals surface area contributed by atoms with Gasteiger partial charge in [0.15, 0.2) is 0 Å². The molecule has 23 heavy (non-hydrogen) atoms. The summed E-state index contributed by atoms with van der Waals surface area (Å²) in [5.74, 6) is 0.332. The molecular weight excluding hydrogens is 282 g/mol. The highest BCUT2D eigenvalue weighted by atomic mass is 16.1. The lowest BCUT2D eigenvalue weighted by Crippen LogP contribution is -2.43. The normalized spacial score (nSPS) is 18.4. The number of ketones is 1. The maximum Gasteiger partial charge on any atom is 0.147 e. The molecule has 0 bridgehead atoms. The lowest BCUT2D eigenvalue weighted by atomic mass is 9.64. The van der Waals surface area contributed by atoms with Crippen molar-refractivity contribution in [2.75, 3.05) is 14.1 Å². The molecular formula is C21H29NO. The van der Waals surface area contributed by atoms with E-state index in [2.05, 4.69) is 56.3 Å². The third kappa shape index (κ3) is 3.64.